The van der Waals surface area contributed by atoms with E-state index in [1.54, 1.807) is 36.9 Å². The van der Waals surface area contributed by atoms with E-state index in [2.05, 4.69) is 20.3 Å². The standard InChI is InChI=1S/C24H23ClFN5O/c25-16-1-4-22(29-13-16)30-14-18-12-24(5-6-24)7-10-31(18)23(32)20-11-17(26)2-3-19(20)21-15-27-8-9-28-21/h1-4,8-9,11,13,15,18H,5-7,10,12,14H2,(H,29,30)/t18-/m0/s1. The van der Waals surface area contributed by atoms with Crippen LogP contribution in [0.3, 0.4) is 0 Å². The zero-order valence-corrected chi connectivity index (χ0v) is 18.2. The van der Waals surface area contributed by atoms with Crippen LogP contribution in [0.2, 0.25) is 5.02 Å². The van der Waals surface area contributed by atoms with E-state index in [4.69, 9.17) is 11.6 Å². The van der Waals surface area contributed by atoms with Gasteiger partial charge in [0.1, 0.15) is 11.6 Å². The molecule has 2 fully saturated rings. The molecule has 1 saturated heterocycles. The average Bonchev–Trinajstić information content (AvgIpc) is 3.57. The first-order valence-electron chi connectivity index (χ1n) is 10.8. The van der Waals surface area contributed by atoms with Crippen molar-refractivity contribution in [2.45, 2.75) is 31.7 Å². The summed E-state index contributed by atoms with van der Waals surface area (Å²) in [6.45, 7) is 1.22. The second kappa shape index (κ2) is 8.47. The number of likely N-dealkylation sites (tertiary alicyclic amines) is 1. The van der Waals surface area contributed by atoms with Crippen LogP contribution in [0.4, 0.5) is 10.2 Å². The molecular weight excluding hydrogens is 429 g/mol. The molecular formula is C24H23ClFN5O. The molecule has 164 valence electrons. The summed E-state index contributed by atoms with van der Waals surface area (Å²) in [5.74, 6) is 0.0800. The summed E-state index contributed by atoms with van der Waals surface area (Å²) in [6, 6.07) is 7.84. The molecule has 1 spiro atoms. The topological polar surface area (TPSA) is 71.0 Å². The zero-order valence-electron chi connectivity index (χ0n) is 17.5. The minimum absolute atomic E-state index is 0.0193. The molecule has 2 aromatic heterocycles. The highest BCUT2D eigenvalue weighted by Gasteiger charge is 2.49. The fraction of sp³-hybridized carbons (Fsp3) is 0.333. The molecule has 0 unspecified atom stereocenters. The van der Waals surface area contributed by atoms with Gasteiger partial charge in [0.15, 0.2) is 0 Å². The maximum Gasteiger partial charge on any atom is 0.254 e. The number of amides is 1. The van der Waals surface area contributed by atoms with Crippen molar-refractivity contribution in [3.8, 4) is 11.3 Å². The van der Waals surface area contributed by atoms with Crippen molar-refractivity contribution >= 4 is 23.3 Å². The van der Waals surface area contributed by atoms with Gasteiger partial charge in [0.25, 0.3) is 5.91 Å². The molecule has 0 bridgehead atoms. The Hall–Kier alpha value is -3.06. The molecule has 1 amide bonds. The number of nitrogens with zero attached hydrogens (tertiary/aromatic N) is 4. The highest BCUT2D eigenvalue weighted by atomic mass is 35.5. The van der Waals surface area contributed by atoms with Crippen molar-refractivity contribution in [2.24, 2.45) is 5.41 Å². The Labute approximate surface area is 190 Å². The molecule has 1 aliphatic carbocycles. The molecule has 6 nitrogen and oxygen atoms in total. The summed E-state index contributed by atoms with van der Waals surface area (Å²) in [5, 5.41) is 3.91. The fourth-order valence-corrected chi connectivity index (χ4v) is 4.66. The van der Waals surface area contributed by atoms with Gasteiger partial charge < -0.3 is 10.2 Å². The third kappa shape index (κ3) is 4.30. The quantitative estimate of drug-likeness (QED) is 0.601. The Bertz CT molecular complexity index is 1120. The van der Waals surface area contributed by atoms with Gasteiger partial charge >= 0.3 is 0 Å². The van der Waals surface area contributed by atoms with E-state index in [-0.39, 0.29) is 11.9 Å². The van der Waals surface area contributed by atoms with Gasteiger partial charge in [-0.2, -0.15) is 0 Å². The molecule has 3 aromatic rings. The summed E-state index contributed by atoms with van der Waals surface area (Å²) >= 11 is 5.93. The number of carbonyl (C=O) groups excluding carboxylic acids is 1. The Morgan fingerprint density at radius 3 is 2.75 bits per heavy atom. The average molecular weight is 452 g/mol. The number of aromatic nitrogens is 3. The van der Waals surface area contributed by atoms with E-state index >= 15 is 0 Å². The van der Waals surface area contributed by atoms with Crippen LogP contribution in [-0.4, -0.2) is 44.9 Å². The first-order chi connectivity index (χ1) is 15.5. The molecule has 1 aliphatic heterocycles. The molecule has 3 heterocycles. The fourth-order valence-electron chi connectivity index (χ4n) is 4.55. The van der Waals surface area contributed by atoms with E-state index in [1.165, 1.54) is 25.0 Å². The molecule has 1 aromatic carbocycles. The molecule has 1 saturated carbocycles. The first-order valence-corrected chi connectivity index (χ1v) is 11.1. The molecule has 8 heteroatoms. The SMILES string of the molecule is O=C(c1cc(F)ccc1-c1cnccn1)N1CCC2(CC2)C[C@H]1CNc1ccc(Cl)cn1. The van der Waals surface area contributed by atoms with E-state index in [9.17, 15) is 9.18 Å². The highest BCUT2D eigenvalue weighted by Crippen LogP contribution is 2.55. The molecule has 5 rings (SSSR count). The molecule has 1 atom stereocenters. The third-order valence-corrected chi connectivity index (χ3v) is 6.73. The van der Waals surface area contributed by atoms with Gasteiger partial charge in [0.2, 0.25) is 0 Å². The Morgan fingerprint density at radius 1 is 1.16 bits per heavy atom. The van der Waals surface area contributed by atoms with E-state index in [0.29, 0.717) is 46.2 Å². The van der Waals surface area contributed by atoms with Crippen LogP contribution in [0.5, 0.6) is 0 Å². The van der Waals surface area contributed by atoms with Gasteiger partial charge in [-0.1, -0.05) is 11.6 Å². The van der Waals surface area contributed by atoms with Crippen molar-refractivity contribution in [1.29, 1.82) is 0 Å². The van der Waals surface area contributed by atoms with Crippen molar-refractivity contribution in [2.75, 3.05) is 18.4 Å². The van der Waals surface area contributed by atoms with Crippen LogP contribution in [0.1, 0.15) is 36.0 Å². The second-order valence-corrected chi connectivity index (χ2v) is 9.07. The monoisotopic (exact) mass is 451 g/mol. The molecule has 2 aliphatic rings. The zero-order chi connectivity index (χ0) is 22.1. The number of rotatable bonds is 5. The minimum atomic E-state index is -0.447. The normalized spacial score (nSPS) is 19.1. The van der Waals surface area contributed by atoms with Crippen LogP contribution < -0.4 is 5.32 Å². The van der Waals surface area contributed by atoms with E-state index < -0.39 is 5.82 Å². The van der Waals surface area contributed by atoms with Crippen molar-refractivity contribution < 1.29 is 9.18 Å². The molecule has 32 heavy (non-hydrogen) atoms. The summed E-state index contributed by atoms with van der Waals surface area (Å²) in [5.41, 5.74) is 1.78. The van der Waals surface area contributed by atoms with Gasteiger partial charge in [0.05, 0.1) is 22.5 Å². The number of hydrogen-bond acceptors (Lipinski definition) is 5. The number of halogens is 2. The number of benzene rings is 1. The largest absolute Gasteiger partial charge is 0.368 e. The van der Waals surface area contributed by atoms with Gasteiger partial charge in [-0.3, -0.25) is 14.8 Å². The van der Waals surface area contributed by atoms with Crippen molar-refractivity contribution in [1.82, 2.24) is 19.9 Å². The van der Waals surface area contributed by atoms with Crippen LogP contribution in [0.25, 0.3) is 11.3 Å². The van der Waals surface area contributed by atoms with E-state index in [1.807, 2.05) is 11.0 Å². The van der Waals surface area contributed by atoms with Crippen molar-refractivity contribution in [3.63, 3.8) is 0 Å². The number of nitrogens with one attached hydrogen (secondary N) is 1. The number of hydrogen-bond donors (Lipinski definition) is 1. The molecule has 0 radical (unpaired) electrons. The Balaban J connectivity index is 1.42. The molecule has 1 N–H and O–H groups in total. The lowest BCUT2D eigenvalue weighted by Crippen LogP contribution is -2.50. The van der Waals surface area contributed by atoms with Crippen LogP contribution >= 0.6 is 11.6 Å². The number of carbonyl (C=O) groups is 1. The van der Waals surface area contributed by atoms with Crippen LogP contribution in [0.15, 0.2) is 55.1 Å². The number of pyridine rings is 1. The van der Waals surface area contributed by atoms with Crippen LogP contribution in [0, 0.1) is 11.2 Å². The Morgan fingerprint density at radius 2 is 2.03 bits per heavy atom. The van der Waals surface area contributed by atoms with Crippen LogP contribution in [-0.2, 0) is 0 Å². The minimum Gasteiger partial charge on any atom is -0.368 e. The lowest BCUT2D eigenvalue weighted by molar-refractivity contribution is 0.0546. The van der Waals surface area contributed by atoms with Gasteiger partial charge in [-0.15, -0.1) is 0 Å². The highest BCUT2D eigenvalue weighted by molar-refractivity contribution is 6.30. The van der Waals surface area contributed by atoms with Gasteiger partial charge in [0, 0.05) is 43.3 Å². The number of piperidine rings is 1. The summed E-state index contributed by atoms with van der Waals surface area (Å²) < 4.78 is 14.2. The summed E-state index contributed by atoms with van der Waals surface area (Å²) in [6.07, 6.45) is 10.6. The smallest absolute Gasteiger partial charge is 0.254 e. The lowest BCUT2D eigenvalue weighted by atomic mass is 9.87. The second-order valence-electron chi connectivity index (χ2n) is 8.63. The first kappa shape index (κ1) is 20.8. The summed E-state index contributed by atoms with van der Waals surface area (Å²) in [7, 11) is 0. The van der Waals surface area contributed by atoms with E-state index in [0.717, 1.165) is 12.8 Å². The lowest BCUT2D eigenvalue weighted by Gasteiger charge is -2.40. The number of anilines is 1. The maximum atomic E-state index is 14.2. The summed E-state index contributed by atoms with van der Waals surface area (Å²) in [4.78, 5) is 28.3. The van der Waals surface area contributed by atoms with Crippen molar-refractivity contribution in [3.05, 3.63) is 71.5 Å². The predicted octanol–water partition coefficient (Wildman–Crippen LogP) is 4.83. The third-order valence-electron chi connectivity index (χ3n) is 6.51. The predicted molar refractivity (Wildman–Crippen MR) is 121 cm³/mol. The Kier molecular flexibility index (Phi) is 5.51. The maximum absolute atomic E-state index is 14.2. The van der Waals surface area contributed by atoms with Gasteiger partial charge in [-0.25, -0.2) is 9.37 Å². The van der Waals surface area contributed by atoms with Gasteiger partial charge in [-0.05, 0) is 61.4 Å².